The molecule has 1 fully saturated rings. The molecule has 2 amide bonds. The van der Waals surface area contributed by atoms with Gasteiger partial charge in [-0.25, -0.2) is 0 Å². The zero-order valence-electron chi connectivity index (χ0n) is 18.4. The number of benzene rings is 2. The molecule has 1 heterocycles. The normalized spacial score (nSPS) is 23.6. The van der Waals surface area contributed by atoms with Crippen LogP contribution in [0.15, 0.2) is 70.9 Å². The van der Waals surface area contributed by atoms with Crippen molar-refractivity contribution in [3.05, 3.63) is 92.7 Å². The summed E-state index contributed by atoms with van der Waals surface area (Å²) in [6.07, 6.45) is -1.94. The van der Waals surface area contributed by atoms with Crippen LogP contribution in [0.2, 0.25) is 0 Å². The largest absolute Gasteiger partial charge is 0.347 e. The lowest BCUT2D eigenvalue weighted by Crippen LogP contribution is -2.68. The fraction of sp³-hybridized carbons (Fsp3) is 0.364. The van der Waals surface area contributed by atoms with Crippen molar-refractivity contribution in [3.8, 4) is 0 Å². The number of nitrogens with one attached hydrogen (secondary N) is 2. The van der Waals surface area contributed by atoms with Gasteiger partial charge >= 0.3 is 0 Å². The number of carbonyl (C=O) groups excluding carboxylic acids is 2. The van der Waals surface area contributed by atoms with E-state index in [-0.39, 0.29) is 13.2 Å². The topological polar surface area (TPSA) is 174 Å². The van der Waals surface area contributed by atoms with E-state index < -0.39 is 42.3 Å². The van der Waals surface area contributed by atoms with Gasteiger partial charge in [0.05, 0.1) is 31.3 Å². The van der Waals surface area contributed by atoms with E-state index in [4.69, 9.17) is 15.0 Å². The number of ether oxygens (including phenoxy) is 2. The highest BCUT2D eigenvalue weighted by Gasteiger charge is 2.47. The minimum Gasteiger partial charge on any atom is -0.347 e. The molecular formula is C22H24N8O4. The van der Waals surface area contributed by atoms with Gasteiger partial charge in [0.2, 0.25) is 5.91 Å². The van der Waals surface area contributed by atoms with Crippen LogP contribution in [-0.4, -0.2) is 48.9 Å². The Hall–Kier alpha value is -4.08. The second-order valence-electron chi connectivity index (χ2n) is 7.54. The highest BCUT2D eigenvalue weighted by Crippen LogP contribution is 2.26. The maximum Gasteiger partial charge on any atom is 0.251 e. The predicted octanol–water partition coefficient (Wildman–Crippen LogP) is 3.22. The Bertz CT molecular complexity index is 1070. The van der Waals surface area contributed by atoms with E-state index in [9.17, 15) is 15.1 Å². The number of hydrogen-bond acceptors (Lipinski definition) is 6. The van der Waals surface area contributed by atoms with Crippen LogP contribution in [0, 0.1) is 0 Å². The van der Waals surface area contributed by atoms with E-state index >= 15 is 0 Å². The highest BCUT2D eigenvalue weighted by atomic mass is 16.7. The summed E-state index contributed by atoms with van der Waals surface area (Å²) in [5, 5.41) is 13.0. The molecule has 5 atom stereocenters. The first-order valence-electron chi connectivity index (χ1n) is 10.5. The standard InChI is InChI=1S/C22H24N8O4/c1-14(31)26-20-19(27-21(32)16-10-6-3-7-11-16)18(28-30-24)17(12-25-29-23)34-22(20)33-13-15-8-4-2-5-9-15/h2-11,17-20,22H,12-13H2,1H3,(H,26,31)(H,27,32)/t17-,18-,19-,20-,22-/m1/s1. The molecule has 176 valence electrons. The smallest absolute Gasteiger partial charge is 0.251 e. The van der Waals surface area contributed by atoms with Crippen LogP contribution in [0.4, 0.5) is 0 Å². The summed E-state index contributed by atoms with van der Waals surface area (Å²) in [5.74, 6) is -0.834. The highest BCUT2D eigenvalue weighted by molar-refractivity contribution is 5.94. The van der Waals surface area contributed by atoms with Gasteiger partial charge in [-0.2, -0.15) is 0 Å². The number of rotatable bonds is 9. The van der Waals surface area contributed by atoms with E-state index in [1.54, 1.807) is 30.3 Å². The second kappa shape index (κ2) is 12.2. The molecule has 0 saturated carbocycles. The van der Waals surface area contributed by atoms with Crippen molar-refractivity contribution >= 4 is 11.8 Å². The summed E-state index contributed by atoms with van der Waals surface area (Å²) in [6, 6.07) is 15.0. The quantitative estimate of drug-likeness (QED) is 0.329. The summed E-state index contributed by atoms with van der Waals surface area (Å²) in [6.45, 7) is 1.30. The fourth-order valence-electron chi connectivity index (χ4n) is 3.71. The van der Waals surface area contributed by atoms with Crippen LogP contribution in [-0.2, 0) is 20.9 Å². The number of nitrogens with zero attached hydrogens (tertiary/aromatic N) is 6. The van der Waals surface area contributed by atoms with Crippen LogP contribution < -0.4 is 10.6 Å². The third-order valence-corrected chi connectivity index (χ3v) is 5.21. The van der Waals surface area contributed by atoms with Gasteiger partial charge in [0.15, 0.2) is 6.29 Å². The van der Waals surface area contributed by atoms with Crippen LogP contribution in [0.5, 0.6) is 0 Å². The minimum absolute atomic E-state index is 0.154. The first-order chi connectivity index (χ1) is 16.5. The SMILES string of the molecule is CC(=O)N[C@H]1[C@H](OCc2ccccc2)O[C@H](CN=[N+]=[N-])[C@@H](N=[N+]=[N-])[C@H]1NC(=O)c1ccccc1. The van der Waals surface area contributed by atoms with Gasteiger partial charge in [-0.3, -0.25) is 9.59 Å². The maximum atomic E-state index is 13.0. The minimum atomic E-state index is -1.03. The Morgan fingerprint density at radius 3 is 2.29 bits per heavy atom. The molecule has 2 aromatic carbocycles. The van der Waals surface area contributed by atoms with Crippen LogP contribution in [0.25, 0.3) is 20.9 Å². The summed E-state index contributed by atoms with van der Waals surface area (Å²) < 4.78 is 12.0. The number of carbonyl (C=O) groups is 2. The Morgan fingerprint density at radius 1 is 1.00 bits per heavy atom. The summed E-state index contributed by atoms with van der Waals surface area (Å²) >= 11 is 0. The molecule has 2 N–H and O–H groups in total. The van der Waals surface area contributed by atoms with E-state index in [0.29, 0.717) is 5.56 Å². The zero-order chi connectivity index (χ0) is 24.3. The molecule has 0 radical (unpaired) electrons. The zero-order valence-corrected chi connectivity index (χ0v) is 18.4. The summed E-state index contributed by atoms with van der Waals surface area (Å²) in [5.41, 5.74) is 19.2. The lowest BCUT2D eigenvalue weighted by molar-refractivity contribution is -0.221. The fourth-order valence-corrected chi connectivity index (χ4v) is 3.71. The Balaban J connectivity index is 1.95. The van der Waals surface area contributed by atoms with Crippen molar-refractivity contribution < 1.29 is 19.1 Å². The van der Waals surface area contributed by atoms with Crippen LogP contribution in [0.1, 0.15) is 22.8 Å². The molecule has 12 heteroatoms. The van der Waals surface area contributed by atoms with Gasteiger partial charge in [-0.05, 0) is 28.8 Å². The van der Waals surface area contributed by atoms with Gasteiger partial charge in [-0.15, -0.1) is 0 Å². The van der Waals surface area contributed by atoms with Crippen molar-refractivity contribution in [2.45, 2.75) is 44.1 Å². The molecule has 0 aromatic heterocycles. The molecule has 3 rings (SSSR count). The van der Waals surface area contributed by atoms with Crippen molar-refractivity contribution in [2.75, 3.05) is 6.54 Å². The van der Waals surface area contributed by atoms with E-state index in [2.05, 4.69) is 30.7 Å². The number of azide groups is 2. The summed E-state index contributed by atoms with van der Waals surface area (Å²) in [7, 11) is 0. The molecule has 0 aliphatic carbocycles. The lowest BCUT2D eigenvalue weighted by Gasteiger charge is -2.45. The first-order valence-corrected chi connectivity index (χ1v) is 10.5. The summed E-state index contributed by atoms with van der Waals surface area (Å²) in [4.78, 5) is 30.7. The van der Waals surface area contributed by atoms with Crippen molar-refractivity contribution in [1.82, 2.24) is 10.6 Å². The third kappa shape index (κ3) is 6.47. The number of hydrogen-bond donors (Lipinski definition) is 2. The van der Waals surface area contributed by atoms with Crippen LogP contribution >= 0.6 is 0 Å². The van der Waals surface area contributed by atoms with Crippen LogP contribution in [0.3, 0.4) is 0 Å². The average Bonchev–Trinajstić information content (AvgIpc) is 2.85. The van der Waals surface area contributed by atoms with Crippen molar-refractivity contribution in [2.24, 2.45) is 10.2 Å². The molecule has 1 saturated heterocycles. The van der Waals surface area contributed by atoms with E-state index in [1.165, 1.54) is 6.92 Å². The Kier molecular flexibility index (Phi) is 8.84. The van der Waals surface area contributed by atoms with Gasteiger partial charge in [0, 0.05) is 22.3 Å². The molecule has 1 aliphatic rings. The molecular weight excluding hydrogens is 440 g/mol. The average molecular weight is 464 g/mol. The second-order valence-corrected chi connectivity index (χ2v) is 7.54. The van der Waals surface area contributed by atoms with E-state index in [1.807, 2.05) is 30.3 Å². The Morgan fingerprint density at radius 2 is 1.68 bits per heavy atom. The van der Waals surface area contributed by atoms with Crippen molar-refractivity contribution in [1.29, 1.82) is 0 Å². The predicted molar refractivity (Wildman–Crippen MR) is 122 cm³/mol. The maximum absolute atomic E-state index is 13.0. The molecule has 0 unspecified atom stereocenters. The van der Waals surface area contributed by atoms with Gasteiger partial charge in [0.1, 0.15) is 6.04 Å². The van der Waals surface area contributed by atoms with Crippen molar-refractivity contribution in [3.63, 3.8) is 0 Å². The lowest BCUT2D eigenvalue weighted by atomic mass is 9.91. The molecule has 34 heavy (non-hydrogen) atoms. The molecule has 0 bridgehead atoms. The Labute approximate surface area is 195 Å². The van der Waals surface area contributed by atoms with Gasteiger partial charge in [0.25, 0.3) is 5.91 Å². The molecule has 12 nitrogen and oxygen atoms in total. The molecule has 2 aromatic rings. The van der Waals surface area contributed by atoms with Gasteiger partial charge < -0.3 is 20.1 Å². The van der Waals surface area contributed by atoms with Gasteiger partial charge in [-0.1, -0.05) is 58.8 Å². The molecule has 0 spiro atoms. The molecule has 1 aliphatic heterocycles. The third-order valence-electron chi connectivity index (χ3n) is 5.21. The number of amides is 2. The first kappa shape index (κ1) is 24.6. The van der Waals surface area contributed by atoms with E-state index in [0.717, 1.165) is 5.56 Å². The monoisotopic (exact) mass is 464 g/mol.